The lowest BCUT2D eigenvalue weighted by atomic mass is 10.1. The molecule has 0 bridgehead atoms. The summed E-state index contributed by atoms with van der Waals surface area (Å²) in [5.74, 6) is 2.64. The van der Waals surface area contributed by atoms with Gasteiger partial charge in [-0.3, -0.25) is 0 Å². The Morgan fingerprint density at radius 2 is 1.96 bits per heavy atom. The van der Waals surface area contributed by atoms with Crippen LogP contribution in [0.3, 0.4) is 0 Å². The summed E-state index contributed by atoms with van der Waals surface area (Å²) in [6.07, 6.45) is 4.03. The fourth-order valence-corrected chi connectivity index (χ4v) is 3.70. The van der Waals surface area contributed by atoms with Crippen molar-refractivity contribution in [2.24, 2.45) is 0 Å². The van der Waals surface area contributed by atoms with Crippen LogP contribution in [0.5, 0.6) is 0 Å². The van der Waals surface area contributed by atoms with E-state index in [2.05, 4.69) is 32.3 Å². The van der Waals surface area contributed by atoms with Crippen molar-refractivity contribution >= 4 is 29.2 Å². The maximum Gasteiger partial charge on any atom is 0.358 e. The van der Waals surface area contributed by atoms with E-state index in [-0.39, 0.29) is 5.69 Å². The van der Waals surface area contributed by atoms with E-state index in [0.717, 1.165) is 18.7 Å². The molecule has 0 saturated carbocycles. The molecule has 1 aromatic heterocycles. The van der Waals surface area contributed by atoms with Crippen LogP contribution < -0.4 is 5.32 Å². The van der Waals surface area contributed by atoms with Crippen LogP contribution in [0.25, 0.3) is 0 Å². The third kappa shape index (κ3) is 5.44. The summed E-state index contributed by atoms with van der Waals surface area (Å²) in [5, 5.41) is 3.20. The smallest absolute Gasteiger partial charge is 0.358 e. The lowest BCUT2D eigenvalue weighted by Crippen LogP contribution is -2.34. The Hall–Kier alpha value is -2.12. The van der Waals surface area contributed by atoms with Gasteiger partial charge in [0.05, 0.1) is 19.0 Å². The Morgan fingerprint density at radius 1 is 1.19 bits per heavy atom. The predicted molar refractivity (Wildman–Crippen MR) is 105 cm³/mol. The second-order valence-electron chi connectivity index (χ2n) is 6.03. The Labute approximate surface area is 158 Å². The van der Waals surface area contributed by atoms with Crippen LogP contribution in [0, 0.1) is 0 Å². The molecule has 2 aromatic rings. The molecule has 1 aliphatic rings. The third-order valence-electron chi connectivity index (χ3n) is 4.18. The number of carbonyl (C=O) groups excluding carboxylic acids is 1. The minimum absolute atomic E-state index is 0.212. The summed E-state index contributed by atoms with van der Waals surface area (Å²) in [4.78, 5) is 22.4. The van der Waals surface area contributed by atoms with Gasteiger partial charge in [-0.25, -0.2) is 14.8 Å². The SMILES string of the molecule is CCOC(=O)c1cnc(Nc2ccc(CCN3CCSCC3)cc2)cn1. The van der Waals surface area contributed by atoms with Crippen LogP contribution >= 0.6 is 11.8 Å². The number of benzene rings is 1. The highest BCUT2D eigenvalue weighted by molar-refractivity contribution is 7.99. The number of nitrogens with one attached hydrogen (secondary N) is 1. The largest absolute Gasteiger partial charge is 0.461 e. The van der Waals surface area contributed by atoms with Gasteiger partial charge in [0.1, 0.15) is 5.82 Å². The number of esters is 1. The van der Waals surface area contributed by atoms with Crippen LogP contribution in [-0.4, -0.2) is 58.6 Å². The molecule has 1 aromatic carbocycles. The topological polar surface area (TPSA) is 67.3 Å². The number of anilines is 2. The lowest BCUT2D eigenvalue weighted by molar-refractivity contribution is 0.0519. The zero-order valence-corrected chi connectivity index (χ0v) is 15.8. The van der Waals surface area contributed by atoms with Gasteiger partial charge >= 0.3 is 5.97 Å². The monoisotopic (exact) mass is 372 g/mol. The van der Waals surface area contributed by atoms with E-state index in [4.69, 9.17) is 4.74 Å². The van der Waals surface area contributed by atoms with Crippen molar-refractivity contribution in [3.05, 3.63) is 47.9 Å². The first-order valence-corrected chi connectivity index (χ1v) is 10.1. The highest BCUT2D eigenvalue weighted by atomic mass is 32.2. The fourth-order valence-electron chi connectivity index (χ4n) is 2.72. The van der Waals surface area contributed by atoms with Crippen LogP contribution in [0.4, 0.5) is 11.5 Å². The standard InChI is InChI=1S/C19H24N4O2S/c1-2-25-19(24)17-13-21-18(14-20-17)22-16-5-3-15(4-6-16)7-8-23-9-11-26-12-10-23/h3-6,13-14H,2,7-12H2,1H3,(H,21,22). The highest BCUT2D eigenvalue weighted by Gasteiger charge is 2.10. The summed E-state index contributed by atoms with van der Waals surface area (Å²) in [5.41, 5.74) is 2.49. The first-order chi connectivity index (χ1) is 12.7. The Morgan fingerprint density at radius 3 is 2.62 bits per heavy atom. The third-order valence-corrected chi connectivity index (χ3v) is 5.13. The van der Waals surface area contributed by atoms with Gasteiger partial charge in [-0.2, -0.15) is 11.8 Å². The van der Waals surface area contributed by atoms with Crippen molar-refractivity contribution in [3.8, 4) is 0 Å². The van der Waals surface area contributed by atoms with Crippen molar-refractivity contribution < 1.29 is 9.53 Å². The number of ether oxygens (including phenoxy) is 1. The molecule has 0 unspecified atom stereocenters. The Balaban J connectivity index is 1.51. The molecule has 26 heavy (non-hydrogen) atoms. The van der Waals surface area contributed by atoms with Crippen LogP contribution in [0.15, 0.2) is 36.7 Å². The van der Waals surface area contributed by atoms with Crippen molar-refractivity contribution in [1.29, 1.82) is 0 Å². The minimum Gasteiger partial charge on any atom is -0.461 e. The molecular formula is C19H24N4O2S. The van der Waals surface area contributed by atoms with Gasteiger partial charge in [0.25, 0.3) is 0 Å². The molecule has 138 valence electrons. The van der Waals surface area contributed by atoms with E-state index < -0.39 is 5.97 Å². The quantitative estimate of drug-likeness (QED) is 0.750. The maximum absolute atomic E-state index is 11.6. The number of thioether (sulfide) groups is 1. The normalized spacial score (nSPS) is 14.8. The van der Waals surface area contributed by atoms with E-state index in [1.165, 1.54) is 42.6 Å². The number of nitrogens with zero attached hydrogens (tertiary/aromatic N) is 3. The van der Waals surface area contributed by atoms with E-state index in [1.807, 2.05) is 23.9 Å². The second-order valence-corrected chi connectivity index (χ2v) is 7.26. The Kier molecular flexibility index (Phi) is 6.85. The number of hydrogen-bond acceptors (Lipinski definition) is 7. The minimum atomic E-state index is -0.455. The number of aromatic nitrogens is 2. The molecule has 0 amide bonds. The average Bonchev–Trinajstić information content (AvgIpc) is 2.69. The molecule has 2 heterocycles. The first kappa shape index (κ1) is 18.7. The van der Waals surface area contributed by atoms with Gasteiger partial charge in [0.2, 0.25) is 0 Å². The summed E-state index contributed by atoms with van der Waals surface area (Å²) < 4.78 is 4.90. The highest BCUT2D eigenvalue weighted by Crippen LogP contribution is 2.16. The van der Waals surface area contributed by atoms with Crippen molar-refractivity contribution in [1.82, 2.24) is 14.9 Å². The number of carbonyl (C=O) groups is 1. The van der Waals surface area contributed by atoms with E-state index in [9.17, 15) is 4.79 Å². The van der Waals surface area contributed by atoms with Crippen molar-refractivity contribution in [2.45, 2.75) is 13.3 Å². The lowest BCUT2D eigenvalue weighted by Gasteiger charge is -2.26. The second kappa shape index (κ2) is 9.54. The molecule has 6 nitrogen and oxygen atoms in total. The average molecular weight is 372 g/mol. The molecule has 0 aliphatic carbocycles. The molecule has 1 aliphatic heterocycles. The molecular weight excluding hydrogens is 348 g/mol. The fraction of sp³-hybridized carbons (Fsp3) is 0.421. The van der Waals surface area contributed by atoms with Gasteiger partial charge in [-0.1, -0.05) is 12.1 Å². The first-order valence-electron chi connectivity index (χ1n) is 8.90. The number of rotatable bonds is 7. The molecule has 0 radical (unpaired) electrons. The maximum atomic E-state index is 11.6. The van der Waals surface area contributed by atoms with E-state index >= 15 is 0 Å². The summed E-state index contributed by atoms with van der Waals surface area (Å²) >= 11 is 2.04. The van der Waals surface area contributed by atoms with E-state index in [0.29, 0.717) is 12.4 Å². The predicted octanol–water partition coefficient (Wildman–Crippen LogP) is 2.99. The van der Waals surface area contributed by atoms with Gasteiger partial charge in [0, 0.05) is 36.8 Å². The van der Waals surface area contributed by atoms with Gasteiger partial charge < -0.3 is 15.0 Å². The van der Waals surface area contributed by atoms with Crippen LogP contribution in [0.2, 0.25) is 0 Å². The van der Waals surface area contributed by atoms with Crippen molar-refractivity contribution in [3.63, 3.8) is 0 Å². The van der Waals surface area contributed by atoms with Gasteiger partial charge in [-0.15, -0.1) is 0 Å². The van der Waals surface area contributed by atoms with Gasteiger partial charge in [0.15, 0.2) is 5.69 Å². The van der Waals surface area contributed by atoms with E-state index in [1.54, 1.807) is 6.92 Å². The summed E-state index contributed by atoms with van der Waals surface area (Å²) in [6.45, 7) is 5.60. The molecule has 1 saturated heterocycles. The van der Waals surface area contributed by atoms with Crippen molar-refractivity contribution in [2.75, 3.05) is 43.1 Å². The number of hydrogen-bond donors (Lipinski definition) is 1. The Bertz CT molecular complexity index is 700. The molecule has 1 N–H and O–H groups in total. The van der Waals surface area contributed by atoms with Crippen LogP contribution in [0.1, 0.15) is 23.0 Å². The van der Waals surface area contributed by atoms with Gasteiger partial charge in [-0.05, 0) is 31.0 Å². The zero-order chi connectivity index (χ0) is 18.2. The molecule has 1 fully saturated rings. The molecule has 0 atom stereocenters. The molecule has 3 rings (SSSR count). The molecule has 7 heteroatoms. The summed E-state index contributed by atoms with van der Waals surface area (Å²) in [7, 11) is 0. The zero-order valence-electron chi connectivity index (χ0n) is 15.0. The summed E-state index contributed by atoms with van der Waals surface area (Å²) in [6, 6.07) is 8.37. The molecule has 0 spiro atoms. The van der Waals surface area contributed by atoms with Crippen LogP contribution in [-0.2, 0) is 11.2 Å².